The molecule has 22 heavy (non-hydrogen) atoms. The van der Waals surface area contributed by atoms with Crippen molar-refractivity contribution in [3.8, 4) is 11.5 Å². The van der Waals surface area contributed by atoms with E-state index in [1.165, 1.54) is 6.08 Å². The molecule has 4 nitrogen and oxygen atoms in total. The van der Waals surface area contributed by atoms with Crippen molar-refractivity contribution in [3.05, 3.63) is 59.7 Å². The summed E-state index contributed by atoms with van der Waals surface area (Å²) in [5.74, 6) is 1.17. The van der Waals surface area contributed by atoms with Gasteiger partial charge in [0, 0.05) is 23.4 Å². The number of rotatable bonds is 5. The fourth-order valence-corrected chi connectivity index (χ4v) is 2.03. The van der Waals surface area contributed by atoms with E-state index in [-0.39, 0.29) is 5.91 Å². The summed E-state index contributed by atoms with van der Waals surface area (Å²) in [5.41, 5.74) is 2.68. The van der Waals surface area contributed by atoms with Crippen molar-refractivity contribution in [1.29, 1.82) is 0 Å². The van der Waals surface area contributed by atoms with Crippen molar-refractivity contribution in [1.82, 2.24) is 0 Å². The van der Waals surface area contributed by atoms with Gasteiger partial charge < -0.3 is 14.8 Å². The van der Waals surface area contributed by atoms with Crippen LogP contribution in [-0.4, -0.2) is 20.1 Å². The molecule has 0 radical (unpaired) electrons. The second kappa shape index (κ2) is 7.31. The van der Waals surface area contributed by atoms with Crippen LogP contribution in [0, 0.1) is 6.92 Å². The van der Waals surface area contributed by atoms with Gasteiger partial charge in [0.05, 0.1) is 14.2 Å². The Hall–Kier alpha value is -2.75. The molecular formula is C18H19NO3. The van der Waals surface area contributed by atoms with Crippen LogP contribution in [0.4, 0.5) is 5.69 Å². The lowest BCUT2D eigenvalue weighted by Crippen LogP contribution is -2.07. The monoisotopic (exact) mass is 297 g/mol. The summed E-state index contributed by atoms with van der Waals surface area (Å²) >= 11 is 0. The number of carbonyl (C=O) groups excluding carboxylic acids is 1. The fourth-order valence-electron chi connectivity index (χ4n) is 2.03. The predicted molar refractivity (Wildman–Crippen MR) is 88.4 cm³/mol. The van der Waals surface area contributed by atoms with Crippen molar-refractivity contribution in [2.75, 3.05) is 19.5 Å². The second-order valence-corrected chi connectivity index (χ2v) is 4.80. The third-order valence-electron chi connectivity index (χ3n) is 3.14. The van der Waals surface area contributed by atoms with Crippen LogP contribution in [0.2, 0.25) is 0 Å². The van der Waals surface area contributed by atoms with Gasteiger partial charge in [0.25, 0.3) is 0 Å². The summed E-state index contributed by atoms with van der Waals surface area (Å²) < 4.78 is 10.4. The zero-order valence-electron chi connectivity index (χ0n) is 12.9. The second-order valence-electron chi connectivity index (χ2n) is 4.80. The molecule has 2 rings (SSSR count). The molecule has 0 saturated heterocycles. The molecule has 0 aromatic heterocycles. The van der Waals surface area contributed by atoms with Crippen LogP contribution >= 0.6 is 0 Å². The Bertz CT molecular complexity index is 692. The topological polar surface area (TPSA) is 47.6 Å². The van der Waals surface area contributed by atoms with E-state index in [0.717, 1.165) is 16.8 Å². The summed E-state index contributed by atoms with van der Waals surface area (Å²) in [7, 11) is 3.18. The van der Waals surface area contributed by atoms with E-state index in [1.807, 2.05) is 43.3 Å². The molecule has 0 atom stereocenters. The summed E-state index contributed by atoms with van der Waals surface area (Å²) in [4.78, 5) is 12.0. The van der Waals surface area contributed by atoms with Crippen molar-refractivity contribution in [2.24, 2.45) is 0 Å². The molecule has 4 heteroatoms. The quantitative estimate of drug-likeness (QED) is 0.857. The van der Waals surface area contributed by atoms with Gasteiger partial charge in [-0.25, -0.2) is 0 Å². The summed E-state index contributed by atoms with van der Waals surface area (Å²) in [6.07, 6.45) is 3.19. The Balaban J connectivity index is 2.09. The van der Waals surface area contributed by atoms with Crippen molar-refractivity contribution >= 4 is 17.7 Å². The summed E-state index contributed by atoms with van der Waals surface area (Å²) in [5, 5.41) is 2.82. The van der Waals surface area contributed by atoms with E-state index in [2.05, 4.69) is 5.32 Å². The smallest absolute Gasteiger partial charge is 0.248 e. The minimum Gasteiger partial charge on any atom is -0.497 e. The van der Waals surface area contributed by atoms with Gasteiger partial charge in [0.1, 0.15) is 11.5 Å². The highest BCUT2D eigenvalue weighted by Gasteiger charge is 2.03. The normalized spacial score (nSPS) is 10.5. The number of benzene rings is 2. The molecule has 1 N–H and O–H groups in total. The molecule has 0 aliphatic heterocycles. The van der Waals surface area contributed by atoms with E-state index in [4.69, 9.17) is 9.47 Å². The lowest BCUT2D eigenvalue weighted by molar-refractivity contribution is -0.111. The Kier molecular flexibility index (Phi) is 5.20. The highest BCUT2D eigenvalue weighted by molar-refractivity contribution is 6.02. The molecule has 0 aliphatic rings. The molecule has 2 aromatic rings. The number of methoxy groups -OCH3 is 2. The fraction of sp³-hybridized carbons (Fsp3) is 0.167. The molecular weight excluding hydrogens is 278 g/mol. The van der Waals surface area contributed by atoms with Gasteiger partial charge in [0.15, 0.2) is 0 Å². The highest BCUT2D eigenvalue weighted by atomic mass is 16.5. The number of amides is 1. The predicted octanol–water partition coefficient (Wildman–Crippen LogP) is 3.66. The maximum Gasteiger partial charge on any atom is 0.248 e. The SMILES string of the molecule is COc1ccc(/C=C/C(=O)Nc2cccc(C)c2)c(OC)c1. The maximum atomic E-state index is 12.0. The lowest BCUT2D eigenvalue weighted by atomic mass is 10.1. The van der Waals surface area contributed by atoms with Crippen LogP contribution in [-0.2, 0) is 4.79 Å². The number of hydrogen-bond donors (Lipinski definition) is 1. The molecule has 0 spiro atoms. The van der Waals surface area contributed by atoms with Crippen LogP contribution in [0.5, 0.6) is 11.5 Å². The van der Waals surface area contributed by atoms with Crippen LogP contribution in [0.25, 0.3) is 6.08 Å². The molecule has 1 amide bonds. The zero-order valence-corrected chi connectivity index (χ0v) is 12.9. The Morgan fingerprint density at radius 3 is 2.59 bits per heavy atom. The molecule has 114 valence electrons. The van der Waals surface area contributed by atoms with Crippen molar-refractivity contribution in [3.63, 3.8) is 0 Å². The first-order chi connectivity index (χ1) is 10.6. The van der Waals surface area contributed by atoms with Gasteiger partial charge >= 0.3 is 0 Å². The lowest BCUT2D eigenvalue weighted by Gasteiger charge is -2.07. The Morgan fingerprint density at radius 2 is 1.91 bits per heavy atom. The minimum absolute atomic E-state index is 0.191. The third kappa shape index (κ3) is 4.12. The minimum atomic E-state index is -0.191. The average Bonchev–Trinajstić information content (AvgIpc) is 2.52. The summed E-state index contributed by atoms with van der Waals surface area (Å²) in [6, 6.07) is 13.1. The van der Waals surface area contributed by atoms with Crippen molar-refractivity contribution in [2.45, 2.75) is 6.92 Å². The van der Waals surface area contributed by atoms with Crippen LogP contribution in [0.3, 0.4) is 0 Å². The Morgan fingerprint density at radius 1 is 1.09 bits per heavy atom. The molecule has 0 aliphatic carbocycles. The first-order valence-electron chi connectivity index (χ1n) is 6.90. The van der Waals surface area contributed by atoms with Gasteiger partial charge in [-0.15, -0.1) is 0 Å². The maximum absolute atomic E-state index is 12.0. The van der Waals surface area contributed by atoms with E-state index in [9.17, 15) is 4.79 Å². The van der Waals surface area contributed by atoms with Crippen LogP contribution < -0.4 is 14.8 Å². The molecule has 0 heterocycles. The number of nitrogens with one attached hydrogen (secondary N) is 1. The van der Waals surface area contributed by atoms with E-state index >= 15 is 0 Å². The number of anilines is 1. The first kappa shape index (κ1) is 15.6. The number of hydrogen-bond acceptors (Lipinski definition) is 3. The highest BCUT2D eigenvalue weighted by Crippen LogP contribution is 2.25. The van der Waals surface area contributed by atoms with Crippen LogP contribution in [0.15, 0.2) is 48.5 Å². The van der Waals surface area contributed by atoms with Gasteiger partial charge in [-0.1, -0.05) is 12.1 Å². The van der Waals surface area contributed by atoms with Gasteiger partial charge in [-0.05, 0) is 42.8 Å². The molecule has 0 fully saturated rings. The Labute approximate surface area is 130 Å². The summed E-state index contributed by atoms with van der Waals surface area (Å²) in [6.45, 7) is 1.98. The first-order valence-corrected chi connectivity index (χ1v) is 6.90. The number of aryl methyl sites for hydroxylation is 1. The van der Waals surface area contributed by atoms with E-state index < -0.39 is 0 Å². The zero-order chi connectivity index (χ0) is 15.9. The van der Waals surface area contributed by atoms with Crippen molar-refractivity contribution < 1.29 is 14.3 Å². The molecule has 2 aromatic carbocycles. The van der Waals surface area contributed by atoms with Crippen LogP contribution in [0.1, 0.15) is 11.1 Å². The average molecular weight is 297 g/mol. The standard InChI is InChI=1S/C18H19NO3/c1-13-5-4-6-15(11-13)19-18(20)10-8-14-7-9-16(21-2)12-17(14)22-3/h4-12H,1-3H3,(H,19,20)/b10-8+. The number of carbonyl (C=O) groups is 1. The largest absolute Gasteiger partial charge is 0.497 e. The van der Waals surface area contributed by atoms with Gasteiger partial charge in [-0.2, -0.15) is 0 Å². The van der Waals surface area contributed by atoms with Gasteiger partial charge in [-0.3, -0.25) is 4.79 Å². The molecule has 0 saturated carbocycles. The molecule has 0 bridgehead atoms. The molecule has 0 unspecified atom stereocenters. The van der Waals surface area contributed by atoms with E-state index in [1.54, 1.807) is 26.4 Å². The number of ether oxygens (including phenoxy) is 2. The third-order valence-corrected chi connectivity index (χ3v) is 3.14. The van der Waals surface area contributed by atoms with E-state index in [0.29, 0.717) is 11.5 Å². The van der Waals surface area contributed by atoms with Gasteiger partial charge in [0.2, 0.25) is 5.91 Å².